The van der Waals surface area contributed by atoms with Crippen LogP contribution in [0.2, 0.25) is 0 Å². The van der Waals surface area contributed by atoms with E-state index in [1.165, 1.54) is 6.42 Å². The molecule has 0 radical (unpaired) electrons. The molecule has 2 saturated heterocycles. The Morgan fingerprint density at radius 3 is 2.50 bits per heavy atom. The lowest BCUT2D eigenvalue weighted by atomic mass is 9.75. The van der Waals surface area contributed by atoms with Gasteiger partial charge in [-0.3, -0.25) is 9.59 Å². The van der Waals surface area contributed by atoms with Crippen molar-refractivity contribution >= 4 is 11.8 Å². The quantitative estimate of drug-likeness (QED) is 0.799. The van der Waals surface area contributed by atoms with Crippen LogP contribution in [0, 0.1) is 11.3 Å². The zero-order chi connectivity index (χ0) is 14.6. The smallest absolute Gasteiger partial charge is 0.241 e. The zero-order valence-electron chi connectivity index (χ0n) is 12.7. The lowest BCUT2D eigenvalue weighted by molar-refractivity contribution is -0.137. The predicted molar refractivity (Wildman–Crippen MR) is 78.2 cm³/mol. The number of amides is 2. The van der Waals surface area contributed by atoms with Gasteiger partial charge >= 0.3 is 0 Å². The zero-order valence-corrected chi connectivity index (χ0v) is 12.7. The van der Waals surface area contributed by atoms with Crippen molar-refractivity contribution in [3.8, 4) is 0 Å². The van der Waals surface area contributed by atoms with Gasteiger partial charge in [0.1, 0.15) is 0 Å². The van der Waals surface area contributed by atoms with Gasteiger partial charge in [0.2, 0.25) is 11.8 Å². The Labute approximate surface area is 121 Å². The maximum atomic E-state index is 12.5. The first kappa shape index (κ1) is 15.3. The maximum absolute atomic E-state index is 12.5. The number of carbonyl (C=O) groups is 2. The molecule has 0 aromatic carbocycles. The summed E-state index contributed by atoms with van der Waals surface area (Å²) in [5.41, 5.74) is -0.345. The molecule has 5 heteroatoms. The molecule has 1 atom stereocenters. The Balaban J connectivity index is 1.86. The third-order valence-corrected chi connectivity index (χ3v) is 4.85. The second kappa shape index (κ2) is 6.57. The van der Waals surface area contributed by atoms with Crippen molar-refractivity contribution in [2.75, 3.05) is 32.7 Å². The second-order valence-electron chi connectivity index (χ2n) is 6.36. The van der Waals surface area contributed by atoms with Crippen molar-refractivity contribution in [1.82, 2.24) is 15.5 Å². The van der Waals surface area contributed by atoms with E-state index in [1.54, 1.807) is 0 Å². The predicted octanol–water partition coefficient (Wildman–Crippen LogP) is 0.751. The summed E-state index contributed by atoms with van der Waals surface area (Å²) in [5.74, 6) is 0.369. The summed E-state index contributed by atoms with van der Waals surface area (Å²) >= 11 is 0. The highest BCUT2D eigenvalue weighted by molar-refractivity contribution is 5.88. The van der Waals surface area contributed by atoms with Gasteiger partial charge in [-0.2, -0.15) is 0 Å². The van der Waals surface area contributed by atoms with Gasteiger partial charge in [-0.15, -0.1) is 0 Å². The minimum atomic E-state index is -0.345. The maximum Gasteiger partial charge on any atom is 0.241 e. The molecule has 2 heterocycles. The molecular weight excluding hydrogens is 254 g/mol. The Morgan fingerprint density at radius 2 is 1.95 bits per heavy atom. The molecule has 0 aliphatic carbocycles. The van der Waals surface area contributed by atoms with Crippen LogP contribution in [0.25, 0.3) is 0 Å². The topological polar surface area (TPSA) is 61.4 Å². The number of piperidine rings is 1. The van der Waals surface area contributed by atoms with Crippen LogP contribution < -0.4 is 10.6 Å². The first-order valence-electron chi connectivity index (χ1n) is 7.83. The monoisotopic (exact) mass is 281 g/mol. The summed E-state index contributed by atoms with van der Waals surface area (Å²) in [6.07, 6.45) is 4.23. The fourth-order valence-electron chi connectivity index (χ4n) is 3.25. The molecule has 0 aromatic heterocycles. The third-order valence-electron chi connectivity index (χ3n) is 4.85. The van der Waals surface area contributed by atoms with Crippen LogP contribution in [-0.2, 0) is 9.59 Å². The molecule has 0 saturated carbocycles. The van der Waals surface area contributed by atoms with Crippen molar-refractivity contribution in [1.29, 1.82) is 0 Å². The van der Waals surface area contributed by atoms with Crippen LogP contribution in [0.3, 0.4) is 0 Å². The van der Waals surface area contributed by atoms with E-state index >= 15 is 0 Å². The highest BCUT2D eigenvalue weighted by Gasteiger charge is 2.43. The minimum Gasteiger partial charge on any atom is -0.346 e. The number of nitrogens with zero attached hydrogens (tertiary/aromatic N) is 1. The number of carbonyl (C=O) groups excluding carboxylic acids is 2. The largest absolute Gasteiger partial charge is 0.346 e. The Hall–Kier alpha value is -1.10. The molecule has 5 nitrogen and oxygen atoms in total. The molecule has 114 valence electrons. The summed E-state index contributed by atoms with van der Waals surface area (Å²) in [4.78, 5) is 26.4. The molecule has 20 heavy (non-hydrogen) atoms. The lowest BCUT2D eigenvalue weighted by Crippen LogP contribution is -2.49. The van der Waals surface area contributed by atoms with E-state index in [1.807, 2.05) is 4.90 Å². The molecule has 2 amide bonds. The third kappa shape index (κ3) is 3.14. The molecule has 0 aromatic rings. The summed E-state index contributed by atoms with van der Waals surface area (Å²) in [5, 5.41) is 6.14. The fraction of sp³-hybridized carbons (Fsp3) is 0.867. The van der Waals surface area contributed by atoms with Crippen LogP contribution in [0.5, 0.6) is 0 Å². The van der Waals surface area contributed by atoms with Crippen molar-refractivity contribution < 1.29 is 9.59 Å². The van der Waals surface area contributed by atoms with E-state index in [0.29, 0.717) is 6.54 Å². The first-order chi connectivity index (χ1) is 9.56. The van der Waals surface area contributed by atoms with Crippen LogP contribution in [0.15, 0.2) is 0 Å². The van der Waals surface area contributed by atoms with E-state index in [0.717, 1.165) is 38.9 Å². The number of nitrogens with one attached hydrogen (secondary N) is 2. The van der Waals surface area contributed by atoms with Gasteiger partial charge in [-0.25, -0.2) is 0 Å². The van der Waals surface area contributed by atoms with E-state index in [9.17, 15) is 9.59 Å². The number of hydrogen-bond acceptors (Lipinski definition) is 3. The van der Waals surface area contributed by atoms with E-state index in [-0.39, 0.29) is 29.7 Å². The van der Waals surface area contributed by atoms with Crippen LogP contribution in [-0.4, -0.2) is 49.4 Å². The number of hydrogen-bond donors (Lipinski definition) is 2. The number of likely N-dealkylation sites (tertiary alicyclic amines) is 1. The van der Waals surface area contributed by atoms with Crippen molar-refractivity contribution in [2.45, 2.75) is 39.5 Å². The van der Waals surface area contributed by atoms with Gasteiger partial charge in [0.25, 0.3) is 0 Å². The molecule has 2 rings (SSSR count). The highest BCUT2D eigenvalue weighted by atomic mass is 16.2. The minimum absolute atomic E-state index is 0.0304. The second-order valence-corrected chi connectivity index (χ2v) is 6.36. The van der Waals surface area contributed by atoms with Crippen molar-refractivity contribution in [3.63, 3.8) is 0 Å². The molecule has 0 spiro atoms. The standard InChI is InChI=1S/C15H27N3O2/c1-12(2)15(6-7-16-11-15)14(20)17-10-13(19)18-8-4-3-5-9-18/h12,16H,3-11H2,1-2H3,(H,17,20). The molecule has 2 aliphatic rings. The van der Waals surface area contributed by atoms with Gasteiger partial charge in [-0.05, 0) is 38.1 Å². The normalized spacial score (nSPS) is 26.9. The lowest BCUT2D eigenvalue weighted by Gasteiger charge is -2.32. The van der Waals surface area contributed by atoms with Crippen LogP contribution >= 0.6 is 0 Å². The summed E-state index contributed by atoms with van der Waals surface area (Å²) in [6, 6.07) is 0. The molecule has 0 bridgehead atoms. The first-order valence-corrected chi connectivity index (χ1v) is 7.83. The van der Waals surface area contributed by atoms with Gasteiger partial charge in [0.15, 0.2) is 0 Å². The van der Waals surface area contributed by atoms with E-state index in [2.05, 4.69) is 24.5 Å². The van der Waals surface area contributed by atoms with Crippen LogP contribution in [0.1, 0.15) is 39.5 Å². The average Bonchev–Trinajstić information content (AvgIpc) is 2.96. The molecule has 2 aliphatic heterocycles. The fourth-order valence-corrected chi connectivity index (χ4v) is 3.25. The van der Waals surface area contributed by atoms with Gasteiger partial charge in [0, 0.05) is 19.6 Å². The van der Waals surface area contributed by atoms with Gasteiger partial charge in [-0.1, -0.05) is 13.8 Å². The van der Waals surface area contributed by atoms with Crippen molar-refractivity contribution in [2.24, 2.45) is 11.3 Å². The summed E-state index contributed by atoms with van der Waals surface area (Å²) < 4.78 is 0. The number of rotatable bonds is 4. The SMILES string of the molecule is CC(C)C1(C(=O)NCC(=O)N2CCCCC2)CCNC1. The Kier molecular flexibility index (Phi) is 5.02. The Morgan fingerprint density at radius 1 is 1.25 bits per heavy atom. The van der Waals surface area contributed by atoms with Crippen LogP contribution in [0.4, 0.5) is 0 Å². The molecule has 1 unspecified atom stereocenters. The highest BCUT2D eigenvalue weighted by Crippen LogP contribution is 2.34. The summed E-state index contributed by atoms with van der Waals surface area (Å²) in [7, 11) is 0. The molecule has 2 fully saturated rings. The van der Waals surface area contributed by atoms with E-state index in [4.69, 9.17) is 0 Å². The average molecular weight is 281 g/mol. The molecular formula is C15H27N3O2. The molecule has 2 N–H and O–H groups in total. The van der Waals surface area contributed by atoms with Crippen molar-refractivity contribution in [3.05, 3.63) is 0 Å². The van der Waals surface area contributed by atoms with E-state index < -0.39 is 0 Å². The Bertz CT molecular complexity index is 356. The van der Waals surface area contributed by atoms with Gasteiger partial charge in [0.05, 0.1) is 12.0 Å². The van der Waals surface area contributed by atoms with Gasteiger partial charge < -0.3 is 15.5 Å². The summed E-state index contributed by atoms with van der Waals surface area (Å²) in [6.45, 7) is 7.59.